The third-order valence-corrected chi connectivity index (χ3v) is 2.98. The van der Waals surface area contributed by atoms with E-state index in [1.54, 1.807) is 12.1 Å². The lowest BCUT2D eigenvalue weighted by Crippen LogP contribution is -2.24. The first-order chi connectivity index (χ1) is 8.27. The Bertz CT molecular complexity index is 344. The number of halogens is 1. The third-order valence-electron chi connectivity index (χ3n) is 2.98. The number of nitrogens with two attached hydrogens (primary N) is 1. The van der Waals surface area contributed by atoms with Crippen LogP contribution in [-0.2, 0) is 16.1 Å². The maximum atomic E-state index is 13.4. The highest BCUT2D eigenvalue weighted by atomic mass is 19.1. The second kappa shape index (κ2) is 5.98. The maximum Gasteiger partial charge on any atom is 0.130 e. The summed E-state index contributed by atoms with van der Waals surface area (Å²) in [6, 6.07) is 4.67. The van der Waals surface area contributed by atoms with Crippen LogP contribution in [0.15, 0.2) is 18.2 Å². The van der Waals surface area contributed by atoms with E-state index in [0.29, 0.717) is 17.9 Å². The molecule has 3 nitrogen and oxygen atoms in total. The van der Waals surface area contributed by atoms with Crippen LogP contribution in [0.3, 0.4) is 0 Å². The lowest BCUT2D eigenvalue weighted by molar-refractivity contribution is -0.0450. The summed E-state index contributed by atoms with van der Waals surface area (Å²) in [5.41, 5.74) is 6.56. The van der Waals surface area contributed by atoms with Gasteiger partial charge in [-0.15, -0.1) is 0 Å². The molecule has 1 aliphatic rings. The molecule has 2 N–H and O–H groups in total. The highest BCUT2D eigenvalue weighted by molar-refractivity contribution is 5.46. The molecular formula is C13H18FNO2. The molecule has 0 amide bonds. The quantitative estimate of drug-likeness (QED) is 0.821. The van der Waals surface area contributed by atoms with Gasteiger partial charge in [-0.2, -0.15) is 0 Å². The number of rotatable bonds is 4. The number of hydrogen-bond donors (Lipinski definition) is 1. The first kappa shape index (κ1) is 12.3. The van der Waals surface area contributed by atoms with E-state index in [1.165, 1.54) is 12.5 Å². The second-order valence-corrected chi connectivity index (χ2v) is 4.31. The summed E-state index contributed by atoms with van der Waals surface area (Å²) in [4.78, 5) is 0. The van der Waals surface area contributed by atoms with Gasteiger partial charge in [0, 0.05) is 17.9 Å². The van der Waals surface area contributed by atoms with Crippen LogP contribution in [0.25, 0.3) is 0 Å². The van der Waals surface area contributed by atoms with Gasteiger partial charge in [-0.3, -0.25) is 0 Å². The Balaban J connectivity index is 1.81. The molecule has 1 fully saturated rings. The molecule has 4 heteroatoms. The molecule has 0 aliphatic carbocycles. The van der Waals surface area contributed by atoms with Gasteiger partial charge in [0.2, 0.25) is 0 Å². The summed E-state index contributed by atoms with van der Waals surface area (Å²) < 4.78 is 24.4. The number of ether oxygens (including phenoxy) is 2. The molecule has 1 aromatic carbocycles. The molecule has 94 valence electrons. The van der Waals surface area contributed by atoms with Crippen molar-refractivity contribution in [2.45, 2.75) is 32.0 Å². The number of benzene rings is 1. The molecule has 0 aromatic heterocycles. The Morgan fingerprint density at radius 3 is 3.00 bits per heavy atom. The SMILES string of the molecule is Nc1cccc(F)c1COCC1CCCCO1. The predicted molar refractivity (Wildman–Crippen MR) is 64.1 cm³/mol. The number of nitrogen functional groups attached to an aromatic ring is 1. The summed E-state index contributed by atoms with van der Waals surface area (Å²) in [7, 11) is 0. The summed E-state index contributed by atoms with van der Waals surface area (Å²) >= 11 is 0. The van der Waals surface area contributed by atoms with E-state index in [0.717, 1.165) is 19.4 Å². The van der Waals surface area contributed by atoms with Crippen molar-refractivity contribution >= 4 is 5.69 Å². The monoisotopic (exact) mass is 239 g/mol. The topological polar surface area (TPSA) is 44.5 Å². The molecule has 0 spiro atoms. The predicted octanol–water partition coefficient (Wildman–Crippen LogP) is 2.49. The fourth-order valence-electron chi connectivity index (χ4n) is 1.96. The Morgan fingerprint density at radius 1 is 1.41 bits per heavy atom. The maximum absolute atomic E-state index is 13.4. The summed E-state index contributed by atoms with van der Waals surface area (Å²) in [5, 5.41) is 0. The van der Waals surface area contributed by atoms with E-state index in [9.17, 15) is 4.39 Å². The van der Waals surface area contributed by atoms with Crippen LogP contribution in [0, 0.1) is 5.82 Å². The molecule has 1 aromatic rings. The van der Waals surface area contributed by atoms with Gasteiger partial charge in [0.05, 0.1) is 19.3 Å². The minimum Gasteiger partial charge on any atom is -0.398 e. The number of anilines is 1. The van der Waals surface area contributed by atoms with Crippen LogP contribution < -0.4 is 5.73 Å². The van der Waals surface area contributed by atoms with Crippen LogP contribution in [0.5, 0.6) is 0 Å². The minimum absolute atomic E-state index is 0.150. The van der Waals surface area contributed by atoms with Crippen molar-refractivity contribution in [3.63, 3.8) is 0 Å². The first-order valence-corrected chi connectivity index (χ1v) is 5.99. The molecule has 0 bridgehead atoms. The van der Waals surface area contributed by atoms with Gasteiger partial charge < -0.3 is 15.2 Å². The normalized spacial score (nSPS) is 20.4. The largest absolute Gasteiger partial charge is 0.398 e. The molecule has 1 heterocycles. The zero-order valence-electron chi connectivity index (χ0n) is 9.82. The highest BCUT2D eigenvalue weighted by Crippen LogP contribution is 2.18. The van der Waals surface area contributed by atoms with E-state index in [2.05, 4.69) is 0 Å². The molecule has 0 saturated carbocycles. The molecule has 17 heavy (non-hydrogen) atoms. The van der Waals surface area contributed by atoms with Gasteiger partial charge in [-0.05, 0) is 31.4 Å². The Hall–Kier alpha value is -1.13. The smallest absolute Gasteiger partial charge is 0.130 e. The zero-order valence-corrected chi connectivity index (χ0v) is 9.82. The van der Waals surface area contributed by atoms with E-state index >= 15 is 0 Å². The van der Waals surface area contributed by atoms with E-state index in [1.807, 2.05) is 0 Å². The highest BCUT2D eigenvalue weighted by Gasteiger charge is 2.14. The molecule has 2 rings (SSSR count). The van der Waals surface area contributed by atoms with Gasteiger partial charge in [-0.1, -0.05) is 6.07 Å². The van der Waals surface area contributed by atoms with Gasteiger partial charge in [0.25, 0.3) is 0 Å². The number of hydrogen-bond acceptors (Lipinski definition) is 3. The standard InChI is InChI=1S/C13H18FNO2/c14-12-5-3-6-13(15)11(12)9-16-8-10-4-1-2-7-17-10/h3,5-6,10H,1-2,4,7-9,15H2. The van der Waals surface area contributed by atoms with Crippen molar-refractivity contribution in [1.29, 1.82) is 0 Å². The van der Waals surface area contributed by atoms with Crippen molar-refractivity contribution < 1.29 is 13.9 Å². The molecule has 1 atom stereocenters. The van der Waals surface area contributed by atoms with Crippen LogP contribution in [0.1, 0.15) is 24.8 Å². The van der Waals surface area contributed by atoms with E-state index < -0.39 is 0 Å². The van der Waals surface area contributed by atoms with Gasteiger partial charge in [0.15, 0.2) is 0 Å². The van der Waals surface area contributed by atoms with Crippen LogP contribution in [0.2, 0.25) is 0 Å². The average molecular weight is 239 g/mol. The molecular weight excluding hydrogens is 221 g/mol. The van der Waals surface area contributed by atoms with Crippen molar-refractivity contribution in [2.75, 3.05) is 18.9 Å². The lowest BCUT2D eigenvalue weighted by Gasteiger charge is -2.22. The van der Waals surface area contributed by atoms with Crippen molar-refractivity contribution in [1.82, 2.24) is 0 Å². The van der Waals surface area contributed by atoms with E-state index in [-0.39, 0.29) is 18.5 Å². The molecule has 0 radical (unpaired) electrons. The third kappa shape index (κ3) is 3.41. The van der Waals surface area contributed by atoms with Gasteiger partial charge in [-0.25, -0.2) is 4.39 Å². The summed E-state index contributed by atoms with van der Waals surface area (Å²) in [6.45, 7) is 1.52. The molecule has 1 unspecified atom stereocenters. The van der Waals surface area contributed by atoms with Crippen molar-refractivity contribution in [2.24, 2.45) is 0 Å². The van der Waals surface area contributed by atoms with Gasteiger partial charge >= 0.3 is 0 Å². The van der Waals surface area contributed by atoms with Crippen LogP contribution in [-0.4, -0.2) is 19.3 Å². The Kier molecular flexibility index (Phi) is 4.34. The summed E-state index contributed by atoms with van der Waals surface area (Å²) in [6.07, 6.45) is 3.47. The second-order valence-electron chi connectivity index (χ2n) is 4.31. The average Bonchev–Trinajstić information content (AvgIpc) is 2.34. The zero-order chi connectivity index (χ0) is 12.1. The van der Waals surface area contributed by atoms with Gasteiger partial charge in [0.1, 0.15) is 5.82 Å². The first-order valence-electron chi connectivity index (χ1n) is 5.99. The fraction of sp³-hybridized carbons (Fsp3) is 0.538. The molecule has 1 saturated heterocycles. The Morgan fingerprint density at radius 2 is 2.29 bits per heavy atom. The minimum atomic E-state index is -0.311. The van der Waals surface area contributed by atoms with Crippen molar-refractivity contribution in [3.8, 4) is 0 Å². The van der Waals surface area contributed by atoms with Crippen molar-refractivity contribution in [3.05, 3.63) is 29.6 Å². The summed E-state index contributed by atoms with van der Waals surface area (Å²) in [5.74, 6) is -0.311. The van der Waals surface area contributed by atoms with Crippen LogP contribution in [0.4, 0.5) is 10.1 Å². The van der Waals surface area contributed by atoms with E-state index in [4.69, 9.17) is 15.2 Å². The van der Waals surface area contributed by atoms with Crippen LogP contribution >= 0.6 is 0 Å². The fourth-order valence-corrected chi connectivity index (χ4v) is 1.96. The Labute approximate surface area is 101 Å². The molecule has 1 aliphatic heterocycles. The lowest BCUT2D eigenvalue weighted by atomic mass is 10.1.